The van der Waals surface area contributed by atoms with Crippen LogP contribution in [-0.4, -0.2) is 104 Å². The Labute approximate surface area is 365 Å². The summed E-state index contributed by atoms with van der Waals surface area (Å²) in [5, 5.41) is 29.2. The van der Waals surface area contributed by atoms with Gasteiger partial charge in [-0.25, -0.2) is 4.79 Å². The average Bonchev–Trinajstić information content (AvgIpc) is 3.22. The number of unbranched alkanes of at least 4 members (excludes halogenated alkanes) is 13. The summed E-state index contributed by atoms with van der Waals surface area (Å²) in [7, 11) is 0. The molecule has 0 spiro atoms. The molecule has 352 valence electrons. The smallest absolute Gasteiger partial charge is 0.326 e. The van der Waals surface area contributed by atoms with Crippen LogP contribution in [0.25, 0.3) is 0 Å². The van der Waals surface area contributed by atoms with Gasteiger partial charge in [-0.2, -0.15) is 0 Å². The van der Waals surface area contributed by atoms with Crippen molar-refractivity contribution in [2.45, 2.75) is 186 Å². The summed E-state index contributed by atoms with van der Waals surface area (Å²) in [6.45, 7) is 5.49. The van der Waals surface area contributed by atoms with Gasteiger partial charge in [0.05, 0.1) is 0 Å². The molecule has 0 aliphatic heterocycles. The molecule has 61 heavy (non-hydrogen) atoms. The van der Waals surface area contributed by atoms with E-state index in [4.69, 9.17) is 5.73 Å². The molecule has 17 heteroatoms. The van der Waals surface area contributed by atoms with Gasteiger partial charge in [-0.3, -0.25) is 33.6 Å². The van der Waals surface area contributed by atoms with Gasteiger partial charge in [0.1, 0.15) is 6.04 Å². The molecule has 0 heterocycles. The number of nitrogens with two attached hydrogens (primary N) is 1. The predicted molar refractivity (Wildman–Crippen MR) is 237 cm³/mol. The summed E-state index contributed by atoms with van der Waals surface area (Å²) in [6, 6.07) is -0.947. The van der Waals surface area contributed by atoms with Crippen molar-refractivity contribution in [1.29, 1.82) is 0 Å². The number of amides is 7. The van der Waals surface area contributed by atoms with Crippen molar-refractivity contribution in [2.75, 3.05) is 45.8 Å². The first-order valence-electron chi connectivity index (χ1n) is 23.2. The van der Waals surface area contributed by atoms with Crippen LogP contribution in [0.15, 0.2) is 0 Å². The van der Waals surface area contributed by atoms with Gasteiger partial charge in [0.2, 0.25) is 41.4 Å². The maximum Gasteiger partial charge on any atom is 0.326 e. The van der Waals surface area contributed by atoms with E-state index in [1.54, 1.807) is 0 Å². The van der Waals surface area contributed by atoms with Gasteiger partial charge in [-0.05, 0) is 103 Å². The summed E-state index contributed by atoms with van der Waals surface area (Å²) >= 11 is 0. The number of rotatable bonds is 42. The number of carboxylic acid groups (broad SMARTS) is 1. The van der Waals surface area contributed by atoms with Gasteiger partial charge in [0.15, 0.2) is 0 Å². The van der Waals surface area contributed by atoms with E-state index in [2.05, 4.69) is 37.2 Å². The largest absolute Gasteiger partial charge is 0.480 e. The summed E-state index contributed by atoms with van der Waals surface area (Å²) < 4.78 is 0. The van der Waals surface area contributed by atoms with E-state index in [0.717, 1.165) is 109 Å². The van der Waals surface area contributed by atoms with Crippen molar-refractivity contribution in [1.82, 2.24) is 37.2 Å². The lowest BCUT2D eigenvalue weighted by Gasteiger charge is -2.14. The van der Waals surface area contributed by atoms with Gasteiger partial charge < -0.3 is 48.1 Å². The molecule has 0 unspecified atom stereocenters. The Morgan fingerprint density at radius 1 is 0.377 bits per heavy atom. The first-order valence-corrected chi connectivity index (χ1v) is 23.2. The van der Waals surface area contributed by atoms with E-state index in [0.29, 0.717) is 104 Å². The van der Waals surface area contributed by atoms with E-state index in [9.17, 15) is 43.5 Å². The standard InChI is InChI=1S/C44H82N8O9/c1-36(53)46-30-21-14-22-37(44(60)61)52-43(59)28-13-7-20-35-51-42(58)27-12-6-19-34-50-41(57)26-11-5-18-33-49-40(56)25-10-4-17-32-48-39(55)24-9-3-16-31-47-38(54)23-8-2-15-29-45/h37H,2-35,45H2,1H3,(H,46,53)(H,47,54)(H,48,55)(H,49,56)(H,50,57)(H,51,58)(H,52,59)(H,60,61)/t37-/m0/s1. The van der Waals surface area contributed by atoms with Crippen molar-refractivity contribution >= 4 is 47.3 Å². The second-order valence-electron chi connectivity index (χ2n) is 15.8. The Morgan fingerprint density at radius 2 is 0.656 bits per heavy atom. The SMILES string of the molecule is CC(=O)NCCCC[C@H](NC(=O)CCCCCNC(=O)CCCCCNC(=O)CCCCCNC(=O)CCCCCNC(=O)CCCCCNC(=O)CCCCCN)C(=O)O. The minimum absolute atomic E-state index is 0.00926. The summed E-state index contributed by atoms with van der Waals surface area (Å²) in [4.78, 5) is 94.6. The van der Waals surface area contributed by atoms with Crippen LogP contribution in [0.1, 0.15) is 180 Å². The molecular formula is C44H82N8O9. The Balaban J connectivity index is 3.58. The molecule has 0 fully saturated rings. The lowest BCUT2D eigenvalue weighted by atomic mass is 10.1. The van der Waals surface area contributed by atoms with Gasteiger partial charge >= 0.3 is 5.97 Å². The zero-order valence-electron chi connectivity index (χ0n) is 37.4. The fourth-order valence-electron chi connectivity index (χ4n) is 6.39. The average molecular weight is 867 g/mol. The van der Waals surface area contributed by atoms with Crippen LogP contribution in [0, 0.1) is 0 Å². The van der Waals surface area contributed by atoms with Crippen molar-refractivity contribution < 1.29 is 43.5 Å². The third kappa shape index (κ3) is 40.9. The van der Waals surface area contributed by atoms with E-state index in [1.807, 2.05) is 0 Å². The highest BCUT2D eigenvalue weighted by molar-refractivity contribution is 5.83. The van der Waals surface area contributed by atoms with Crippen molar-refractivity contribution in [3.63, 3.8) is 0 Å². The lowest BCUT2D eigenvalue weighted by molar-refractivity contribution is -0.142. The van der Waals surface area contributed by atoms with Gasteiger partial charge in [0, 0.05) is 84.7 Å². The number of aliphatic carboxylic acids is 1. The second kappa shape index (κ2) is 41.1. The minimum Gasteiger partial charge on any atom is -0.480 e. The predicted octanol–water partition coefficient (Wildman–Crippen LogP) is 3.76. The first-order chi connectivity index (χ1) is 29.4. The number of hydrogen-bond donors (Lipinski definition) is 9. The van der Waals surface area contributed by atoms with Crippen LogP contribution in [0.3, 0.4) is 0 Å². The molecule has 0 rings (SSSR count). The molecule has 0 saturated carbocycles. The number of carbonyl (C=O) groups is 8. The minimum atomic E-state index is -1.07. The Morgan fingerprint density at radius 3 is 0.951 bits per heavy atom. The van der Waals surface area contributed by atoms with Crippen molar-refractivity contribution in [2.24, 2.45) is 5.73 Å². The third-order valence-corrected chi connectivity index (χ3v) is 10.0. The second-order valence-corrected chi connectivity index (χ2v) is 15.8. The number of carboxylic acids is 1. The first kappa shape index (κ1) is 56.7. The number of hydrogen-bond acceptors (Lipinski definition) is 9. The molecule has 0 aliphatic carbocycles. The molecule has 0 saturated heterocycles. The zero-order chi connectivity index (χ0) is 45.2. The summed E-state index contributed by atoms with van der Waals surface area (Å²) in [5.74, 6) is -1.38. The summed E-state index contributed by atoms with van der Waals surface area (Å²) in [6.07, 6.45) is 18.7. The third-order valence-electron chi connectivity index (χ3n) is 10.0. The highest BCUT2D eigenvalue weighted by Gasteiger charge is 2.19. The molecule has 0 aromatic heterocycles. The Hall–Kier alpha value is -4.28. The molecule has 0 aliphatic rings. The molecule has 1 atom stereocenters. The fraction of sp³-hybridized carbons (Fsp3) is 0.818. The van der Waals surface area contributed by atoms with E-state index < -0.39 is 12.0 Å². The molecule has 0 aromatic carbocycles. The van der Waals surface area contributed by atoms with Crippen LogP contribution in [-0.2, 0) is 38.4 Å². The number of carbonyl (C=O) groups excluding carboxylic acids is 7. The maximum absolute atomic E-state index is 12.2. The van der Waals surface area contributed by atoms with Crippen molar-refractivity contribution in [3.8, 4) is 0 Å². The topological polar surface area (TPSA) is 267 Å². The molecule has 0 bridgehead atoms. The molecule has 7 amide bonds. The molecule has 0 aromatic rings. The summed E-state index contributed by atoms with van der Waals surface area (Å²) in [5.41, 5.74) is 5.46. The number of nitrogens with one attached hydrogen (secondary N) is 7. The van der Waals surface area contributed by atoms with Gasteiger partial charge in [0.25, 0.3) is 0 Å². The normalized spacial score (nSPS) is 11.2. The quantitative estimate of drug-likeness (QED) is 0.0401. The van der Waals surface area contributed by atoms with Crippen LogP contribution in [0.2, 0.25) is 0 Å². The Kier molecular flexibility index (Phi) is 38.2. The highest BCUT2D eigenvalue weighted by Crippen LogP contribution is 2.06. The van der Waals surface area contributed by atoms with Gasteiger partial charge in [-0.1, -0.05) is 38.5 Å². The molecular weight excluding hydrogens is 785 g/mol. The van der Waals surface area contributed by atoms with E-state index in [1.165, 1.54) is 6.92 Å². The van der Waals surface area contributed by atoms with Crippen molar-refractivity contribution in [3.05, 3.63) is 0 Å². The maximum atomic E-state index is 12.2. The van der Waals surface area contributed by atoms with Crippen LogP contribution in [0.5, 0.6) is 0 Å². The monoisotopic (exact) mass is 867 g/mol. The molecule has 0 radical (unpaired) electrons. The lowest BCUT2D eigenvalue weighted by Crippen LogP contribution is -2.40. The van der Waals surface area contributed by atoms with Crippen LogP contribution < -0.4 is 43.0 Å². The molecule has 17 nitrogen and oxygen atoms in total. The zero-order valence-corrected chi connectivity index (χ0v) is 37.4. The molecule has 10 N–H and O–H groups in total. The van der Waals surface area contributed by atoms with E-state index >= 15 is 0 Å². The highest BCUT2D eigenvalue weighted by atomic mass is 16.4. The fourth-order valence-corrected chi connectivity index (χ4v) is 6.39. The van der Waals surface area contributed by atoms with E-state index in [-0.39, 0.29) is 47.8 Å². The van der Waals surface area contributed by atoms with Crippen LogP contribution >= 0.6 is 0 Å². The Bertz CT molecular complexity index is 1240. The van der Waals surface area contributed by atoms with Crippen LogP contribution in [0.4, 0.5) is 0 Å². The van der Waals surface area contributed by atoms with Gasteiger partial charge in [-0.15, -0.1) is 0 Å².